The van der Waals surface area contributed by atoms with Crippen molar-refractivity contribution in [1.82, 2.24) is 10.2 Å². The van der Waals surface area contributed by atoms with Crippen molar-refractivity contribution in [3.63, 3.8) is 0 Å². The number of carbonyl (C=O) groups excluding carboxylic acids is 1. The summed E-state index contributed by atoms with van der Waals surface area (Å²) < 4.78 is 45.8. The number of nitrogens with one attached hydrogen (secondary N) is 2. The molecule has 0 spiro atoms. The third-order valence-electron chi connectivity index (χ3n) is 5.91. The van der Waals surface area contributed by atoms with Crippen molar-refractivity contribution in [2.75, 3.05) is 10.6 Å². The van der Waals surface area contributed by atoms with E-state index in [1.807, 2.05) is 12.1 Å². The van der Waals surface area contributed by atoms with Crippen molar-refractivity contribution in [1.29, 1.82) is 0 Å². The summed E-state index contributed by atoms with van der Waals surface area (Å²) in [6.07, 6.45) is -0.942. The molecule has 1 fully saturated rings. The Labute approximate surface area is 203 Å². The van der Waals surface area contributed by atoms with Gasteiger partial charge < -0.3 is 24.9 Å². The number of alkyl halides is 3. The molecule has 0 atom stereocenters. The molecule has 190 valence electrons. The topological polar surface area (TPSA) is 127 Å². The van der Waals surface area contributed by atoms with Crippen molar-refractivity contribution >= 4 is 29.3 Å². The van der Waals surface area contributed by atoms with Gasteiger partial charge in [0.15, 0.2) is 0 Å². The smallest absolute Gasteiger partial charge is 0.481 e. The summed E-state index contributed by atoms with van der Waals surface area (Å²) in [5.41, 5.74) is 2.03. The van der Waals surface area contributed by atoms with Crippen LogP contribution in [0.2, 0.25) is 0 Å². The molecule has 1 heterocycles. The molecule has 0 bridgehead atoms. The third kappa shape index (κ3) is 6.96. The van der Waals surface area contributed by atoms with Crippen LogP contribution in [0.3, 0.4) is 0 Å². The average molecular weight is 504 g/mol. The second-order valence-electron chi connectivity index (χ2n) is 8.50. The molecule has 1 aliphatic rings. The molecule has 4 rings (SSSR count). The molecule has 1 amide bonds. The fraction of sp³-hybridized carbons (Fsp3) is 0.333. The Bertz CT molecular complexity index is 1190. The van der Waals surface area contributed by atoms with Crippen LogP contribution in [0.25, 0.3) is 0 Å². The summed E-state index contributed by atoms with van der Waals surface area (Å²) >= 11 is 0. The Balaban J connectivity index is 1.29. The summed E-state index contributed by atoms with van der Waals surface area (Å²) in [7, 11) is 0. The van der Waals surface area contributed by atoms with E-state index in [2.05, 4.69) is 25.6 Å². The van der Waals surface area contributed by atoms with Gasteiger partial charge in [-0.25, -0.2) is 0 Å². The molecular weight excluding hydrogens is 481 g/mol. The molecular formula is C24H23F3N4O5. The lowest BCUT2D eigenvalue weighted by Crippen LogP contribution is -2.16. The van der Waals surface area contributed by atoms with Crippen molar-refractivity contribution in [3.05, 3.63) is 60.0 Å². The maximum Gasteiger partial charge on any atom is 0.573 e. The Morgan fingerprint density at radius 3 is 2.22 bits per heavy atom. The number of ether oxygens (including phenoxy) is 1. The van der Waals surface area contributed by atoms with E-state index in [9.17, 15) is 22.8 Å². The van der Waals surface area contributed by atoms with Gasteiger partial charge in [-0.2, -0.15) is 0 Å². The molecule has 2 aromatic carbocycles. The van der Waals surface area contributed by atoms with E-state index in [1.54, 1.807) is 12.1 Å². The lowest BCUT2D eigenvalue weighted by atomic mass is 9.77. The van der Waals surface area contributed by atoms with Gasteiger partial charge in [-0.05, 0) is 79.5 Å². The van der Waals surface area contributed by atoms with Crippen LogP contribution in [0.15, 0.2) is 52.9 Å². The predicted molar refractivity (Wildman–Crippen MR) is 122 cm³/mol. The van der Waals surface area contributed by atoms with Crippen LogP contribution < -0.4 is 15.4 Å². The van der Waals surface area contributed by atoms with Crippen molar-refractivity contribution in [3.8, 4) is 5.75 Å². The third-order valence-corrected chi connectivity index (χ3v) is 5.91. The van der Waals surface area contributed by atoms with Gasteiger partial charge in [-0.15, -0.1) is 18.3 Å². The molecule has 0 unspecified atom stereocenters. The number of nitrogens with zero attached hydrogens (tertiary/aromatic N) is 2. The van der Waals surface area contributed by atoms with Gasteiger partial charge >= 0.3 is 30.1 Å². The standard InChI is InChI=1S/C24H23F3N4O5/c25-24(26,27)36-19-11-9-18(10-12-19)29-23-31-30-22(35-23)21(34)28-17-7-5-16(6-8-17)15-3-1-14(2-4-15)13-20(32)33/h5-12,14-15H,1-4,13H2,(H,28,34)(H,29,31)(H,32,33). The highest BCUT2D eigenvalue weighted by molar-refractivity contribution is 6.00. The fourth-order valence-electron chi connectivity index (χ4n) is 4.20. The Morgan fingerprint density at radius 1 is 0.972 bits per heavy atom. The molecule has 36 heavy (non-hydrogen) atoms. The van der Waals surface area contributed by atoms with Crippen LogP contribution in [-0.4, -0.2) is 33.5 Å². The number of amides is 1. The molecule has 1 aromatic heterocycles. The van der Waals surface area contributed by atoms with Crippen LogP contribution >= 0.6 is 0 Å². The molecule has 12 heteroatoms. The number of aromatic nitrogens is 2. The van der Waals surface area contributed by atoms with Crippen LogP contribution in [0.4, 0.5) is 30.6 Å². The number of rotatable bonds is 8. The van der Waals surface area contributed by atoms with Crippen molar-refractivity contribution < 1.29 is 37.0 Å². The summed E-state index contributed by atoms with van der Waals surface area (Å²) in [6, 6.07) is 12.2. The van der Waals surface area contributed by atoms with E-state index < -0.39 is 18.2 Å². The highest BCUT2D eigenvalue weighted by atomic mass is 19.4. The zero-order valence-corrected chi connectivity index (χ0v) is 18.9. The predicted octanol–water partition coefficient (Wildman–Crippen LogP) is 5.71. The number of benzene rings is 2. The van der Waals surface area contributed by atoms with Crippen LogP contribution in [0, 0.1) is 5.92 Å². The number of carboxylic acids is 1. The van der Waals surface area contributed by atoms with E-state index >= 15 is 0 Å². The van der Waals surface area contributed by atoms with Crippen molar-refractivity contribution in [2.45, 2.75) is 44.4 Å². The number of aliphatic carboxylic acids is 1. The van der Waals surface area contributed by atoms with Gasteiger partial charge in [-0.1, -0.05) is 17.2 Å². The van der Waals surface area contributed by atoms with Gasteiger partial charge in [0.25, 0.3) is 0 Å². The molecule has 0 radical (unpaired) electrons. The van der Waals surface area contributed by atoms with E-state index in [0.29, 0.717) is 17.3 Å². The minimum absolute atomic E-state index is 0.113. The molecule has 3 N–H and O–H groups in total. The molecule has 0 saturated heterocycles. The highest BCUT2D eigenvalue weighted by Crippen LogP contribution is 2.37. The van der Waals surface area contributed by atoms with E-state index in [4.69, 9.17) is 9.52 Å². The number of carboxylic acid groups (broad SMARTS) is 1. The van der Waals surface area contributed by atoms with Gasteiger partial charge in [-0.3, -0.25) is 9.59 Å². The maximum absolute atomic E-state index is 12.5. The monoisotopic (exact) mass is 504 g/mol. The number of carbonyl (C=O) groups is 2. The van der Waals surface area contributed by atoms with Crippen LogP contribution in [0.1, 0.15) is 54.3 Å². The summed E-state index contributed by atoms with van der Waals surface area (Å²) in [6.45, 7) is 0. The second kappa shape index (κ2) is 10.7. The Morgan fingerprint density at radius 2 is 1.61 bits per heavy atom. The first-order valence-corrected chi connectivity index (χ1v) is 11.2. The van der Waals surface area contributed by atoms with Crippen molar-refractivity contribution in [2.24, 2.45) is 5.92 Å². The summed E-state index contributed by atoms with van der Waals surface area (Å²) in [5, 5.41) is 21.7. The first-order chi connectivity index (χ1) is 17.1. The minimum atomic E-state index is -4.78. The molecule has 1 saturated carbocycles. The molecule has 0 aliphatic heterocycles. The number of anilines is 3. The fourth-order valence-corrected chi connectivity index (χ4v) is 4.20. The zero-order valence-electron chi connectivity index (χ0n) is 18.9. The lowest BCUT2D eigenvalue weighted by Gasteiger charge is -2.28. The first kappa shape index (κ1) is 25.0. The lowest BCUT2D eigenvalue weighted by molar-refractivity contribution is -0.274. The van der Waals surface area contributed by atoms with Gasteiger partial charge in [0, 0.05) is 17.8 Å². The van der Waals surface area contributed by atoms with Gasteiger partial charge in [0.2, 0.25) is 0 Å². The van der Waals surface area contributed by atoms with E-state index in [1.165, 1.54) is 12.1 Å². The quantitative estimate of drug-likeness (QED) is 0.356. The van der Waals surface area contributed by atoms with Crippen LogP contribution in [0.5, 0.6) is 5.75 Å². The largest absolute Gasteiger partial charge is 0.573 e. The SMILES string of the molecule is O=C(O)CC1CCC(c2ccc(NC(=O)c3nnc(Nc4ccc(OC(F)(F)F)cc4)o3)cc2)CC1. The normalized spacial score (nSPS) is 17.9. The molecule has 3 aromatic rings. The molecule has 9 nitrogen and oxygen atoms in total. The van der Waals surface area contributed by atoms with E-state index in [0.717, 1.165) is 43.4 Å². The van der Waals surface area contributed by atoms with Gasteiger partial charge in [0.05, 0.1) is 0 Å². The minimum Gasteiger partial charge on any atom is -0.481 e. The first-order valence-electron chi connectivity index (χ1n) is 11.2. The zero-order chi connectivity index (χ0) is 25.7. The molecule has 1 aliphatic carbocycles. The Kier molecular flexibility index (Phi) is 7.41. The number of halogens is 3. The summed E-state index contributed by atoms with van der Waals surface area (Å²) in [4.78, 5) is 23.4. The number of hydrogen-bond acceptors (Lipinski definition) is 7. The second-order valence-corrected chi connectivity index (χ2v) is 8.50. The number of hydrogen-bond donors (Lipinski definition) is 3. The average Bonchev–Trinajstić information content (AvgIpc) is 3.29. The highest BCUT2D eigenvalue weighted by Gasteiger charge is 2.31. The summed E-state index contributed by atoms with van der Waals surface area (Å²) in [5.74, 6) is -1.46. The van der Waals surface area contributed by atoms with E-state index in [-0.39, 0.29) is 30.0 Å². The van der Waals surface area contributed by atoms with Gasteiger partial charge in [0.1, 0.15) is 5.75 Å². The van der Waals surface area contributed by atoms with Crippen LogP contribution in [-0.2, 0) is 4.79 Å². The Hall–Kier alpha value is -4.09. The maximum atomic E-state index is 12.5.